The van der Waals surface area contributed by atoms with Gasteiger partial charge in [-0.05, 0) is 60.7 Å². The summed E-state index contributed by atoms with van der Waals surface area (Å²) < 4.78 is 13.5. The first kappa shape index (κ1) is 22.6. The van der Waals surface area contributed by atoms with Crippen molar-refractivity contribution in [2.24, 2.45) is 5.41 Å². The fraction of sp³-hybridized carbons (Fsp3) is 0.321. The minimum absolute atomic E-state index is 0. The van der Waals surface area contributed by atoms with Crippen molar-refractivity contribution in [1.82, 2.24) is 20.3 Å². The predicted molar refractivity (Wildman–Crippen MR) is 134 cm³/mol. The lowest BCUT2D eigenvalue weighted by atomic mass is 9.65. The number of anilines is 1. The summed E-state index contributed by atoms with van der Waals surface area (Å²) in [6.07, 6.45) is 9.22. The maximum atomic E-state index is 13.5. The number of likely N-dealkylation sites (tertiary alicyclic amines) is 1. The Labute approximate surface area is 201 Å². The molecule has 2 N–H and O–H groups in total. The smallest absolute Gasteiger partial charge is 0.123 e. The molecule has 6 rings (SSSR count). The van der Waals surface area contributed by atoms with Gasteiger partial charge in [0.05, 0.1) is 17.7 Å². The monoisotopic (exact) mass is 457 g/mol. The quantitative estimate of drug-likeness (QED) is 0.551. The normalized spacial score (nSPS) is 22.1. The molecule has 176 valence electrons. The summed E-state index contributed by atoms with van der Waals surface area (Å²) in [6, 6.07) is 17.6. The van der Waals surface area contributed by atoms with Crippen molar-refractivity contribution < 1.29 is 4.39 Å². The van der Waals surface area contributed by atoms with Crippen LogP contribution in [0.2, 0.25) is 0 Å². The van der Waals surface area contributed by atoms with Crippen LogP contribution in [0.3, 0.4) is 0 Å². The van der Waals surface area contributed by atoms with E-state index in [1.165, 1.54) is 34.5 Å². The fourth-order valence-electron chi connectivity index (χ4n) is 5.73. The van der Waals surface area contributed by atoms with Gasteiger partial charge in [-0.1, -0.05) is 43.3 Å². The van der Waals surface area contributed by atoms with Crippen LogP contribution in [-0.2, 0) is 13.0 Å². The molecule has 5 nitrogen and oxygen atoms in total. The molecule has 34 heavy (non-hydrogen) atoms. The van der Waals surface area contributed by atoms with E-state index in [4.69, 9.17) is 0 Å². The highest BCUT2D eigenvalue weighted by Gasteiger charge is 2.44. The van der Waals surface area contributed by atoms with Gasteiger partial charge in [-0.3, -0.25) is 9.91 Å². The van der Waals surface area contributed by atoms with Gasteiger partial charge in [0.15, 0.2) is 0 Å². The molecule has 0 saturated carbocycles. The molecule has 3 aromatic rings. The Bertz CT molecular complexity index is 1180. The minimum atomic E-state index is -0.208. The summed E-state index contributed by atoms with van der Waals surface area (Å²) >= 11 is 0. The fourth-order valence-corrected chi connectivity index (χ4v) is 5.73. The molecule has 1 aliphatic carbocycles. The third-order valence-electron chi connectivity index (χ3n) is 7.24. The molecule has 0 amide bonds. The van der Waals surface area contributed by atoms with Gasteiger partial charge in [0.2, 0.25) is 0 Å². The van der Waals surface area contributed by atoms with Gasteiger partial charge >= 0.3 is 0 Å². The first-order valence-electron chi connectivity index (χ1n) is 11.6. The van der Waals surface area contributed by atoms with Crippen LogP contribution in [0.4, 0.5) is 10.1 Å². The molecule has 2 aromatic carbocycles. The number of hydrazine groups is 1. The van der Waals surface area contributed by atoms with Crippen molar-refractivity contribution in [2.45, 2.75) is 33.2 Å². The lowest BCUT2D eigenvalue weighted by Gasteiger charge is -2.47. The molecule has 1 unspecified atom stereocenters. The topological polar surface area (TPSA) is 47.2 Å². The van der Waals surface area contributed by atoms with Crippen molar-refractivity contribution in [3.8, 4) is 0 Å². The Morgan fingerprint density at radius 3 is 2.65 bits per heavy atom. The Morgan fingerprint density at radius 1 is 1.06 bits per heavy atom. The minimum Gasteiger partial charge on any atom is -0.347 e. The van der Waals surface area contributed by atoms with Crippen LogP contribution in [0.25, 0.3) is 0 Å². The number of hydrogen-bond acceptors (Lipinski definition) is 4. The van der Waals surface area contributed by atoms with Gasteiger partial charge in [0.1, 0.15) is 5.82 Å². The van der Waals surface area contributed by atoms with Crippen molar-refractivity contribution in [3.63, 3.8) is 0 Å². The maximum Gasteiger partial charge on any atom is 0.123 e. The Morgan fingerprint density at radius 2 is 1.88 bits per heavy atom. The number of aromatic amines is 1. The SMILES string of the molecule is C.Fc1ccc(N2NCC3=C2C=C2CCN(Cc4cnc[nH]4)CC2(Cc2ccccc2)C3)cc1. The van der Waals surface area contributed by atoms with Crippen LogP contribution in [-0.4, -0.2) is 34.5 Å². The molecular weight excluding hydrogens is 425 g/mol. The van der Waals surface area contributed by atoms with Crippen LogP contribution >= 0.6 is 0 Å². The number of nitrogens with zero attached hydrogens (tertiary/aromatic N) is 3. The standard InChI is InChI=1S/C27H28FN5.CH4/c28-23-6-8-25(9-7-23)33-26-12-22-10-11-32(17-24-16-29-19-30-24)18-27(22,14-21(26)15-31-33)13-20-4-2-1-3-5-20;/h1-9,12,16,19,31H,10-11,13-15,17-18H2,(H,29,30);1H4. The molecule has 1 aromatic heterocycles. The highest BCUT2D eigenvalue weighted by Crippen LogP contribution is 2.49. The number of fused-ring (bicyclic) bond motifs is 1. The zero-order valence-corrected chi connectivity index (χ0v) is 18.6. The third kappa shape index (κ3) is 4.19. The molecule has 2 aliphatic heterocycles. The third-order valence-corrected chi connectivity index (χ3v) is 7.24. The Kier molecular flexibility index (Phi) is 6.11. The number of rotatable bonds is 5. The van der Waals surface area contributed by atoms with E-state index in [-0.39, 0.29) is 18.7 Å². The van der Waals surface area contributed by atoms with Crippen LogP contribution in [0.15, 0.2) is 90.0 Å². The average Bonchev–Trinajstić information content (AvgIpc) is 3.48. The van der Waals surface area contributed by atoms with Gasteiger partial charge in [-0.15, -0.1) is 0 Å². The van der Waals surface area contributed by atoms with Crippen LogP contribution in [0, 0.1) is 11.2 Å². The number of benzene rings is 2. The van der Waals surface area contributed by atoms with Gasteiger partial charge in [-0.2, -0.15) is 0 Å². The summed E-state index contributed by atoms with van der Waals surface area (Å²) in [5.41, 5.74) is 11.3. The van der Waals surface area contributed by atoms with E-state index in [9.17, 15) is 4.39 Å². The Hall–Kier alpha value is -3.22. The first-order chi connectivity index (χ1) is 16.2. The van der Waals surface area contributed by atoms with E-state index in [1.807, 2.05) is 18.3 Å². The van der Waals surface area contributed by atoms with Crippen LogP contribution in [0.1, 0.15) is 31.5 Å². The van der Waals surface area contributed by atoms with Crippen LogP contribution in [0.5, 0.6) is 0 Å². The summed E-state index contributed by atoms with van der Waals surface area (Å²) in [5, 5.41) is 2.13. The number of halogens is 1. The van der Waals surface area contributed by atoms with Crippen molar-refractivity contribution >= 4 is 5.69 Å². The molecular formula is C28H32FN5. The molecule has 1 atom stereocenters. The van der Waals surface area contributed by atoms with Crippen molar-refractivity contribution in [1.29, 1.82) is 0 Å². The highest BCUT2D eigenvalue weighted by atomic mass is 19.1. The number of aromatic nitrogens is 2. The zero-order chi connectivity index (χ0) is 22.3. The molecule has 3 heterocycles. The highest BCUT2D eigenvalue weighted by molar-refractivity contribution is 5.59. The van der Waals surface area contributed by atoms with Gasteiger partial charge in [-0.25, -0.2) is 14.8 Å². The lowest BCUT2D eigenvalue weighted by Crippen LogP contribution is -2.47. The Balaban J connectivity index is 0.00000241. The maximum absolute atomic E-state index is 13.5. The number of hydrogen-bond donors (Lipinski definition) is 2. The van der Waals surface area contributed by atoms with E-state index < -0.39 is 0 Å². The van der Waals surface area contributed by atoms with E-state index in [0.29, 0.717) is 0 Å². The largest absolute Gasteiger partial charge is 0.347 e. The van der Waals surface area contributed by atoms with Crippen molar-refractivity contribution in [3.05, 3.63) is 107 Å². The van der Waals surface area contributed by atoms with E-state index in [1.54, 1.807) is 6.33 Å². The van der Waals surface area contributed by atoms with Gasteiger partial charge in [0.25, 0.3) is 0 Å². The first-order valence-corrected chi connectivity index (χ1v) is 11.6. The van der Waals surface area contributed by atoms with Gasteiger partial charge < -0.3 is 4.98 Å². The molecule has 0 spiro atoms. The number of H-pyrrole nitrogens is 1. The van der Waals surface area contributed by atoms with Crippen molar-refractivity contribution in [2.75, 3.05) is 24.6 Å². The second kappa shape index (κ2) is 9.20. The predicted octanol–water partition coefficient (Wildman–Crippen LogP) is 5.23. The second-order valence-electron chi connectivity index (χ2n) is 9.46. The number of allylic oxidation sites excluding steroid dienone is 1. The number of piperidine rings is 1. The summed E-state index contributed by atoms with van der Waals surface area (Å²) in [7, 11) is 0. The second-order valence-corrected chi connectivity index (χ2v) is 9.46. The molecule has 3 aliphatic rings. The number of nitrogens with one attached hydrogen (secondary N) is 2. The van der Waals surface area contributed by atoms with E-state index >= 15 is 0 Å². The van der Waals surface area contributed by atoms with E-state index in [0.717, 1.165) is 56.8 Å². The zero-order valence-electron chi connectivity index (χ0n) is 18.6. The lowest BCUT2D eigenvalue weighted by molar-refractivity contribution is 0.129. The molecule has 1 saturated heterocycles. The molecule has 0 radical (unpaired) electrons. The molecule has 1 fully saturated rings. The van der Waals surface area contributed by atoms with Gasteiger partial charge in [0, 0.05) is 43.5 Å². The summed E-state index contributed by atoms with van der Waals surface area (Å²) in [4.78, 5) is 10.0. The van der Waals surface area contributed by atoms with E-state index in [2.05, 4.69) is 61.7 Å². The summed E-state index contributed by atoms with van der Waals surface area (Å²) in [6.45, 7) is 3.79. The number of imidazole rings is 1. The summed E-state index contributed by atoms with van der Waals surface area (Å²) in [5.74, 6) is -0.208. The average molecular weight is 458 g/mol. The molecule has 0 bridgehead atoms. The molecule has 6 heteroatoms. The van der Waals surface area contributed by atoms with Crippen LogP contribution < -0.4 is 10.4 Å².